The summed E-state index contributed by atoms with van der Waals surface area (Å²) in [5.74, 6) is -0.361. The summed E-state index contributed by atoms with van der Waals surface area (Å²) in [6.07, 6.45) is 9.30. The van der Waals surface area contributed by atoms with Gasteiger partial charge in [-0.3, -0.25) is 9.89 Å². The first-order chi connectivity index (χ1) is 13.0. The fourth-order valence-electron chi connectivity index (χ4n) is 4.03. The number of aromatic amines is 1. The molecule has 5 nitrogen and oxygen atoms in total. The number of fused-ring (bicyclic) bond motifs is 1. The minimum Gasteiger partial charge on any atom is -0.343 e. The molecule has 1 unspecified atom stereocenters. The van der Waals surface area contributed by atoms with Gasteiger partial charge in [0, 0.05) is 30.5 Å². The van der Waals surface area contributed by atoms with Gasteiger partial charge < -0.3 is 9.47 Å². The Labute approximate surface area is 158 Å². The molecule has 1 atom stereocenters. The van der Waals surface area contributed by atoms with Crippen molar-refractivity contribution >= 4 is 12.0 Å². The van der Waals surface area contributed by atoms with E-state index in [0.29, 0.717) is 11.7 Å². The molecule has 142 valence electrons. The Morgan fingerprint density at radius 1 is 1.41 bits per heavy atom. The average molecular weight is 368 g/mol. The smallest absolute Gasteiger partial charge is 0.271 e. The van der Waals surface area contributed by atoms with Crippen LogP contribution < -0.4 is 0 Å². The molecule has 1 amide bonds. The number of H-pyrrole nitrogens is 1. The SMILES string of the molecule is C=C/C(F)=C\c1cc(C(=O)N(C2CC2)C2CCc3[nH]ncc3C2)n(C)c1C. The van der Waals surface area contributed by atoms with Crippen molar-refractivity contribution in [3.8, 4) is 0 Å². The molecule has 2 aromatic rings. The van der Waals surface area contributed by atoms with Crippen LogP contribution in [0.3, 0.4) is 0 Å². The molecule has 2 aliphatic carbocycles. The Bertz CT molecular complexity index is 919. The van der Waals surface area contributed by atoms with Crippen molar-refractivity contribution < 1.29 is 9.18 Å². The number of rotatable bonds is 5. The van der Waals surface area contributed by atoms with Crippen molar-refractivity contribution in [1.82, 2.24) is 19.7 Å². The van der Waals surface area contributed by atoms with E-state index in [1.807, 2.05) is 24.7 Å². The maximum atomic E-state index is 13.7. The lowest BCUT2D eigenvalue weighted by Crippen LogP contribution is -2.45. The molecule has 0 bridgehead atoms. The van der Waals surface area contributed by atoms with Crippen molar-refractivity contribution in [2.24, 2.45) is 7.05 Å². The lowest BCUT2D eigenvalue weighted by atomic mass is 9.92. The van der Waals surface area contributed by atoms with Crippen LogP contribution in [0.4, 0.5) is 4.39 Å². The summed E-state index contributed by atoms with van der Waals surface area (Å²) in [5, 5.41) is 7.20. The monoisotopic (exact) mass is 368 g/mol. The Hall–Kier alpha value is -2.63. The van der Waals surface area contributed by atoms with Gasteiger partial charge in [0.25, 0.3) is 5.91 Å². The standard InChI is InChI=1S/C21H25FN4O/c1-4-16(22)9-14-11-20(25(3)13(14)2)21(27)26(17-5-6-17)18-7-8-19-15(10-18)12-23-24-19/h4,9,11-12,17-18H,1,5-8,10H2,2-3H3,(H,23,24)/b16-9+. The maximum absolute atomic E-state index is 13.7. The van der Waals surface area contributed by atoms with Crippen LogP contribution in [0.1, 0.15) is 52.3 Å². The van der Waals surface area contributed by atoms with Gasteiger partial charge in [-0.1, -0.05) is 6.58 Å². The quantitative estimate of drug-likeness (QED) is 0.818. The van der Waals surface area contributed by atoms with E-state index < -0.39 is 5.83 Å². The molecule has 2 aliphatic rings. The van der Waals surface area contributed by atoms with Gasteiger partial charge >= 0.3 is 0 Å². The van der Waals surface area contributed by atoms with Crippen LogP contribution in [-0.2, 0) is 19.9 Å². The first-order valence-corrected chi connectivity index (χ1v) is 9.49. The summed E-state index contributed by atoms with van der Waals surface area (Å²) >= 11 is 0. The van der Waals surface area contributed by atoms with Crippen LogP contribution in [0.5, 0.6) is 0 Å². The van der Waals surface area contributed by atoms with E-state index in [-0.39, 0.29) is 11.9 Å². The number of hydrogen-bond donors (Lipinski definition) is 1. The van der Waals surface area contributed by atoms with Crippen LogP contribution in [0.25, 0.3) is 6.08 Å². The molecule has 0 radical (unpaired) electrons. The number of nitrogens with zero attached hydrogens (tertiary/aromatic N) is 3. The highest BCUT2D eigenvalue weighted by atomic mass is 19.1. The molecule has 1 saturated carbocycles. The van der Waals surface area contributed by atoms with Gasteiger partial charge in [0.15, 0.2) is 0 Å². The number of aryl methyl sites for hydroxylation is 1. The summed E-state index contributed by atoms with van der Waals surface area (Å²) < 4.78 is 15.5. The molecule has 0 aliphatic heterocycles. The molecule has 0 saturated heterocycles. The van der Waals surface area contributed by atoms with Crippen LogP contribution in [0.15, 0.2) is 30.7 Å². The van der Waals surface area contributed by atoms with Crippen LogP contribution in [0.2, 0.25) is 0 Å². The second-order valence-electron chi connectivity index (χ2n) is 7.58. The first-order valence-electron chi connectivity index (χ1n) is 9.49. The molecule has 0 spiro atoms. The van der Waals surface area contributed by atoms with Crippen molar-refractivity contribution in [2.45, 2.75) is 51.1 Å². The molecule has 0 aromatic carbocycles. The zero-order valence-electron chi connectivity index (χ0n) is 15.8. The Balaban J connectivity index is 1.64. The van der Waals surface area contributed by atoms with Crippen molar-refractivity contribution in [2.75, 3.05) is 0 Å². The minimum absolute atomic E-state index is 0.0405. The van der Waals surface area contributed by atoms with Crippen molar-refractivity contribution in [3.63, 3.8) is 0 Å². The van der Waals surface area contributed by atoms with Gasteiger partial charge in [0.05, 0.1) is 6.20 Å². The summed E-state index contributed by atoms with van der Waals surface area (Å²) in [6.45, 7) is 5.35. The Morgan fingerprint density at radius 2 is 2.19 bits per heavy atom. The largest absolute Gasteiger partial charge is 0.343 e. The fourth-order valence-corrected chi connectivity index (χ4v) is 4.03. The maximum Gasteiger partial charge on any atom is 0.271 e. The third-order valence-corrected chi connectivity index (χ3v) is 5.84. The summed E-state index contributed by atoms with van der Waals surface area (Å²) in [4.78, 5) is 15.5. The van der Waals surface area contributed by atoms with Crippen LogP contribution >= 0.6 is 0 Å². The average Bonchev–Trinajstić information content (AvgIpc) is 3.31. The van der Waals surface area contributed by atoms with Gasteiger partial charge in [-0.15, -0.1) is 0 Å². The molecule has 1 N–H and O–H groups in total. The normalized spacial score (nSPS) is 19.7. The summed E-state index contributed by atoms with van der Waals surface area (Å²) in [5.41, 5.74) is 4.60. The van der Waals surface area contributed by atoms with E-state index in [0.717, 1.165) is 43.4 Å². The molecule has 6 heteroatoms. The van der Waals surface area contributed by atoms with Gasteiger partial charge in [-0.2, -0.15) is 5.10 Å². The predicted octanol–water partition coefficient (Wildman–Crippen LogP) is 3.72. The highest BCUT2D eigenvalue weighted by molar-refractivity contribution is 5.94. The van der Waals surface area contributed by atoms with Crippen molar-refractivity contribution in [3.05, 3.63) is 59.0 Å². The summed E-state index contributed by atoms with van der Waals surface area (Å²) in [6, 6.07) is 2.30. The van der Waals surface area contributed by atoms with E-state index in [4.69, 9.17) is 0 Å². The second kappa shape index (κ2) is 6.83. The van der Waals surface area contributed by atoms with E-state index in [1.54, 1.807) is 6.07 Å². The van der Waals surface area contributed by atoms with Gasteiger partial charge in [0.1, 0.15) is 11.5 Å². The Kier molecular flexibility index (Phi) is 4.50. The zero-order valence-corrected chi connectivity index (χ0v) is 15.8. The van der Waals surface area contributed by atoms with E-state index >= 15 is 0 Å². The van der Waals surface area contributed by atoms with E-state index in [9.17, 15) is 9.18 Å². The van der Waals surface area contributed by atoms with Gasteiger partial charge in [-0.25, -0.2) is 4.39 Å². The molecule has 4 rings (SSSR count). The number of amides is 1. The molecule has 2 aromatic heterocycles. The lowest BCUT2D eigenvalue weighted by Gasteiger charge is -2.34. The molecular formula is C21H25FN4O. The van der Waals surface area contributed by atoms with Crippen LogP contribution in [-0.4, -0.2) is 37.7 Å². The highest BCUT2D eigenvalue weighted by Crippen LogP contribution is 2.35. The Morgan fingerprint density at radius 3 is 2.89 bits per heavy atom. The van der Waals surface area contributed by atoms with E-state index in [2.05, 4.69) is 21.7 Å². The second-order valence-corrected chi connectivity index (χ2v) is 7.58. The summed E-state index contributed by atoms with van der Waals surface area (Å²) in [7, 11) is 1.87. The fraction of sp³-hybridized carbons (Fsp3) is 0.429. The third kappa shape index (κ3) is 3.24. The molecular weight excluding hydrogens is 343 g/mol. The number of halogens is 1. The first kappa shape index (κ1) is 17.8. The van der Waals surface area contributed by atoms with Gasteiger partial charge in [0.2, 0.25) is 0 Å². The predicted molar refractivity (Wildman–Crippen MR) is 103 cm³/mol. The molecule has 27 heavy (non-hydrogen) atoms. The molecule has 1 fully saturated rings. The number of aromatic nitrogens is 3. The molecule has 2 heterocycles. The van der Waals surface area contributed by atoms with Gasteiger partial charge in [-0.05, 0) is 68.4 Å². The number of carbonyl (C=O) groups excluding carboxylic acids is 1. The van der Waals surface area contributed by atoms with Crippen LogP contribution in [0, 0.1) is 6.92 Å². The zero-order chi connectivity index (χ0) is 19.1. The van der Waals surface area contributed by atoms with Crippen molar-refractivity contribution in [1.29, 1.82) is 0 Å². The van der Waals surface area contributed by atoms with E-state index in [1.165, 1.54) is 23.4 Å². The number of nitrogens with one attached hydrogen (secondary N) is 1. The number of allylic oxidation sites excluding steroid dienone is 2. The number of carbonyl (C=O) groups is 1. The minimum atomic E-state index is -0.401. The number of hydrogen-bond acceptors (Lipinski definition) is 2. The third-order valence-electron chi connectivity index (χ3n) is 5.84. The topological polar surface area (TPSA) is 53.9 Å². The highest BCUT2D eigenvalue weighted by Gasteiger charge is 2.40. The lowest BCUT2D eigenvalue weighted by molar-refractivity contribution is 0.0632.